The predicted octanol–water partition coefficient (Wildman–Crippen LogP) is 2.40. The fraction of sp³-hybridized carbons (Fsp3) is 0.700. The van der Waals surface area contributed by atoms with Gasteiger partial charge in [-0.1, -0.05) is 24.2 Å². The molecule has 0 atom stereocenters. The van der Waals surface area contributed by atoms with Crippen molar-refractivity contribution in [1.82, 2.24) is 10.2 Å². The number of amides is 1. The first-order valence-corrected chi connectivity index (χ1v) is 6.65. The minimum Gasteiger partial charge on any atom is -0.330 e. The summed E-state index contributed by atoms with van der Waals surface area (Å²) in [5.74, 6) is -0.349. The van der Waals surface area contributed by atoms with Gasteiger partial charge in [-0.3, -0.25) is 4.79 Å². The van der Waals surface area contributed by atoms with Crippen LogP contribution in [0, 0.1) is 0 Å². The molecule has 0 bridgehead atoms. The van der Waals surface area contributed by atoms with Crippen LogP contribution in [0.25, 0.3) is 0 Å². The van der Waals surface area contributed by atoms with E-state index >= 15 is 0 Å². The van der Waals surface area contributed by atoms with Gasteiger partial charge in [0.15, 0.2) is 0 Å². The molecule has 0 unspecified atom stereocenters. The fourth-order valence-corrected chi connectivity index (χ4v) is 1.98. The van der Waals surface area contributed by atoms with Gasteiger partial charge in [-0.25, -0.2) is 0 Å². The quantitative estimate of drug-likeness (QED) is 0.757. The Bertz CT molecular complexity index is 408. The molecule has 0 fully saturated rings. The maximum absolute atomic E-state index is 12.2. The smallest absolute Gasteiger partial charge is 0.330 e. The number of anilines is 1. The molecule has 108 valence electrons. The highest BCUT2D eigenvalue weighted by Gasteiger charge is 2.35. The average molecular weight is 296 g/mol. The van der Waals surface area contributed by atoms with E-state index in [0.29, 0.717) is 24.3 Å². The fourth-order valence-electron chi connectivity index (χ4n) is 1.35. The molecule has 0 radical (unpaired) electrons. The monoisotopic (exact) mass is 296 g/mol. The van der Waals surface area contributed by atoms with E-state index in [4.69, 9.17) is 5.73 Å². The maximum Gasteiger partial charge on any atom is 0.445 e. The molecule has 0 aliphatic carbocycles. The van der Waals surface area contributed by atoms with Crippen LogP contribution in [0.4, 0.5) is 18.3 Å². The molecule has 9 heteroatoms. The van der Waals surface area contributed by atoms with Crippen LogP contribution in [-0.2, 0) is 11.0 Å². The molecule has 1 heterocycles. The second kappa shape index (κ2) is 7.39. The molecule has 1 aromatic rings. The lowest BCUT2D eigenvalue weighted by Gasteiger charge is -2.01. The van der Waals surface area contributed by atoms with Crippen molar-refractivity contribution < 1.29 is 18.0 Å². The largest absolute Gasteiger partial charge is 0.445 e. The number of aromatic nitrogens is 2. The van der Waals surface area contributed by atoms with Crippen LogP contribution >= 0.6 is 11.3 Å². The van der Waals surface area contributed by atoms with Gasteiger partial charge in [0.25, 0.3) is 0 Å². The van der Waals surface area contributed by atoms with E-state index in [9.17, 15) is 18.0 Å². The Kier molecular flexibility index (Phi) is 6.16. The van der Waals surface area contributed by atoms with E-state index in [1.165, 1.54) is 0 Å². The number of halogens is 3. The molecule has 0 saturated carbocycles. The van der Waals surface area contributed by atoms with E-state index in [1.807, 2.05) is 0 Å². The Morgan fingerprint density at radius 2 is 1.89 bits per heavy atom. The van der Waals surface area contributed by atoms with Gasteiger partial charge in [0, 0.05) is 6.42 Å². The molecule has 0 aromatic carbocycles. The van der Waals surface area contributed by atoms with Gasteiger partial charge in [0.05, 0.1) is 0 Å². The molecule has 0 aliphatic rings. The minimum absolute atomic E-state index is 0.126. The van der Waals surface area contributed by atoms with Crippen LogP contribution in [0.2, 0.25) is 0 Å². The molecule has 1 rings (SSSR count). The molecular weight excluding hydrogens is 281 g/mol. The third kappa shape index (κ3) is 5.97. The normalized spacial score (nSPS) is 11.6. The summed E-state index contributed by atoms with van der Waals surface area (Å²) in [7, 11) is 0. The summed E-state index contributed by atoms with van der Waals surface area (Å²) in [6.45, 7) is 0.622. The number of carbonyl (C=O) groups is 1. The Hall–Kier alpha value is -1.22. The number of nitrogens with zero attached hydrogens (tertiary/aromatic N) is 2. The molecule has 1 aromatic heterocycles. The van der Waals surface area contributed by atoms with Crippen molar-refractivity contribution in [2.45, 2.75) is 38.3 Å². The average Bonchev–Trinajstić information content (AvgIpc) is 2.77. The lowest BCUT2D eigenvalue weighted by Crippen LogP contribution is -2.10. The molecular formula is C10H15F3N4OS. The van der Waals surface area contributed by atoms with Crippen LogP contribution in [0.1, 0.15) is 37.1 Å². The van der Waals surface area contributed by atoms with Gasteiger partial charge in [0.2, 0.25) is 16.0 Å². The van der Waals surface area contributed by atoms with Gasteiger partial charge >= 0.3 is 6.18 Å². The van der Waals surface area contributed by atoms with E-state index in [1.54, 1.807) is 0 Å². The first-order chi connectivity index (χ1) is 8.93. The van der Waals surface area contributed by atoms with Crippen molar-refractivity contribution in [2.24, 2.45) is 5.73 Å². The van der Waals surface area contributed by atoms with Crippen molar-refractivity contribution in [1.29, 1.82) is 0 Å². The molecule has 0 saturated heterocycles. The second-order valence-corrected chi connectivity index (χ2v) is 4.89. The van der Waals surface area contributed by atoms with Gasteiger partial charge in [-0.2, -0.15) is 13.2 Å². The van der Waals surface area contributed by atoms with Crippen molar-refractivity contribution in [3.8, 4) is 0 Å². The summed E-state index contributed by atoms with van der Waals surface area (Å²) in [5.41, 5.74) is 5.33. The zero-order chi connectivity index (χ0) is 14.3. The highest BCUT2D eigenvalue weighted by atomic mass is 32.1. The third-order valence-electron chi connectivity index (χ3n) is 2.27. The van der Waals surface area contributed by atoms with E-state index in [2.05, 4.69) is 15.5 Å². The summed E-state index contributed by atoms with van der Waals surface area (Å²) in [4.78, 5) is 11.4. The number of rotatable bonds is 7. The highest BCUT2D eigenvalue weighted by molar-refractivity contribution is 7.15. The van der Waals surface area contributed by atoms with Crippen molar-refractivity contribution in [3.05, 3.63) is 5.01 Å². The van der Waals surface area contributed by atoms with Crippen LogP contribution in [0.5, 0.6) is 0 Å². The molecule has 19 heavy (non-hydrogen) atoms. The van der Waals surface area contributed by atoms with E-state index in [0.717, 1.165) is 19.3 Å². The lowest BCUT2D eigenvalue weighted by atomic mass is 10.1. The highest BCUT2D eigenvalue weighted by Crippen LogP contribution is 2.32. The third-order valence-corrected chi connectivity index (χ3v) is 3.16. The number of alkyl halides is 3. The van der Waals surface area contributed by atoms with Crippen molar-refractivity contribution in [3.63, 3.8) is 0 Å². The maximum atomic E-state index is 12.2. The number of unbranched alkanes of at least 4 members (excludes halogenated alkanes) is 3. The lowest BCUT2D eigenvalue weighted by molar-refractivity contribution is -0.138. The van der Waals surface area contributed by atoms with Crippen LogP contribution in [-0.4, -0.2) is 22.6 Å². The zero-order valence-corrected chi connectivity index (χ0v) is 11.0. The summed E-state index contributed by atoms with van der Waals surface area (Å²) >= 11 is 0.320. The van der Waals surface area contributed by atoms with Crippen molar-refractivity contribution in [2.75, 3.05) is 11.9 Å². The number of hydrogen-bond acceptors (Lipinski definition) is 5. The molecule has 3 N–H and O–H groups in total. The summed E-state index contributed by atoms with van der Waals surface area (Å²) < 4.78 is 36.7. The minimum atomic E-state index is -4.52. The van der Waals surface area contributed by atoms with Gasteiger partial charge < -0.3 is 11.1 Å². The number of nitrogens with one attached hydrogen (secondary N) is 1. The Morgan fingerprint density at radius 3 is 2.47 bits per heavy atom. The predicted molar refractivity (Wildman–Crippen MR) is 65.7 cm³/mol. The first kappa shape index (κ1) is 15.8. The summed E-state index contributed by atoms with van der Waals surface area (Å²) in [6.07, 6.45) is -0.868. The van der Waals surface area contributed by atoms with Gasteiger partial charge in [0.1, 0.15) is 0 Å². The van der Waals surface area contributed by atoms with Crippen molar-refractivity contribution >= 4 is 22.4 Å². The van der Waals surface area contributed by atoms with Gasteiger partial charge in [-0.05, 0) is 19.4 Å². The van der Waals surface area contributed by atoms with Gasteiger partial charge in [-0.15, -0.1) is 10.2 Å². The van der Waals surface area contributed by atoms with Crippen LogP contribution in [0.3, 0.4) is 0 Å². The Morgan fingerprint density at radius 1 is 1.21 bits per heavy atom. The number of nitrogens with two attached hydrogens (primary N) is 1. The van der Waals surface area contributed by atoms with Crippen LogP contribution in [0.15, 0.2) is 0 Å². The van der Waals surface area contributed by atoms with E-state index < -0.39 is 11.2 Å². The standard InChI is InChI=1S/C10H15F3N4OS/c11-10(12,13)8-16-17-9(19-8)15-7(18)5-3-1-2-4-6-14/h1-6,14H2,(H,15,17,18). The summed E-state index contributed by atoms with van der Waals surface area (Å²) in [6, 6.07) is 0. The zero-order valence-electron chi connectivity index (χ0n) is 10.2. The summed E-state index contributed by atoms with van der Waals surface area (Å²) in [5, 5.41) is 7.37. The molecule has 0 spiro atoms. The molecule has 5 nitrogen and oxygen atoms in total. The SMILES string of the molecule is NCCCCCCC(=O)Nc1nnc(C(F)(F)F)s1. The molecule has 1 amide bonds. The van der Waals surface area contributed by atoms with E-state index in [-0.39, 0.29) is 17.5 Å². The Balaban J connectivity index is 2.30. The first-order valence-electron chi connectivity index (χ1n) is 5.84. The number of hydrogen-bond donors (Lipinski definition) is 2. The molecule has 0 aliphatic heterocycles. The van der Waals surface area contributed by atoms with Crippen LogP contribution < -0.4 is 11.1 Å². The topological polar surface area (TPSA) is 80.9 Å². The Labute approximate surface area is 112 Å². The number of carbonyl (C=O) groups excluding carboxylic acids is 1. The second-order valence-electron chi connectivity index (χ2n) is 3.91.